The van der Waals surface area contributed by atoms with E-state index in [1.54, 1.807) is 6.07 Å². The third-order valence-electron chi connectivity index (χ3n) is 3.66. The molecule has 1 aromatic carbocycles. The minimum absolute atomic E-state index is 0.00427. The van der Waals surface area contributed by atoms with Gasteiger partial charge in [0.1, 0.15) is 0 Å². The van der Waals surface area contributed by atoms with Crippen molar-refractivity contribution in [3.8, 4) is 0 Å². The molecule has 0 aliphatic rings. The van der Waals surface area contributed by atoms with Crippen molar-refractivity contribution in [2.75, 3.05) is 11.9 Å². The molecule has 1 atom stereocenters. The molecule has 0 radical (unpaired) electrons. The monoisotopic (exact) mass is 266 g/mol. The van der Waals surface area contributed by atoms with E-state index >= 15 is 0 Å². The van der Waals surface area contributed by atoms with Crippen LogP contribution in [0.25, 0.3) is 0 Å². The normalized spacial score (nSPS) is 13.2. The fourth-order valence-corrected chi connectivity index (χ4v) is 1.95. The second-order valence-corrected chi connectivity index (χ2v) is 5.88. The molecule has 1 aromatic rings. The zero-order valence-corrected chi connectivity index (χ0v) is 12.2. The first kappa shape index (κ1) is 15.4. The summed E-state index contributed by atoms with van der Waals surface area (Å²) in [5, 5.41) is 20.2. The van der Waals surface area contributed by atoms with Gasteiger partial charge in [0, 0.05) is 36.5 Å². The Hall–Kier alpha value is -1.62. The minimum Gasteiger partial charge on any atom is -0.392 e. The molecule has 106 valence electrons. The third kappa shape index (κ3) is 3.44. The van der Waals surface area contributed by atoms with Gasteiger partial charge in [0.15, 0.2) is 0 Å². The molecule has 0 amide bonds. The molecule has 5 heteroatoms. The van der Waals surface area contributed by atoms with E-state index in [0.717, 1.165) is 5.69 Å². The van der Waals surface area contributed by atoms with Crippen molar-refractivity contribution in [1.82, 2.24) is 0 Å². The van der Waals surface area contributed by atoms with Crippen LogP contribution < -0.4 is 4.90 Å². The number of aliphatic hydroxyl groups is 1. The molecule has 0 aliphatic heterocycles. The van der Waals surface area contributed by atoms with Crippen LogP contribution in [-0.2, 0) is 6.61 Å². The van der Waals surface area contributed by atoms with Gasteiger partial charge in [0.25, 0.3) is 5.69 Å². The predicted molar refractivity (Wildman–Crippen MR) is 76.3 cm³/mol. The van der Waals surface area contributed by atoms with Gasteiger partial charge in [0.2, 0.25) is 0 Å². The summed E-state index contributed by atoms with van der Waals surface area (Å²) >= 11 is 0. The molecule has 0 fully saturated rings. The highest BCUT2D eigenvalue weighted by Crippen LogP contribution is 2.31. The zero-order valence-electron chi connectivity index (χ0n) is 12.2. The van der Waals surface area contributed by atoms with Crippen LogP contribution >= 0.6 is 0 Å². The maximum Gasteiger partial charge on any atom is 0.269 e. The average molecular weight is 266 g/mol. The highest BCUT2D eigenvalue weighted by molar-refractivity contribution is 5.58. The van der Waals surface area contributed by atoms with Gasteiger partial charge in [-0.2, -0.15) is 0 Å². The molecule has 0 spiro atoms. The van der Waals surface area contributed by atoms with Gasteiger partial charge >= 0.3 is 0 Å². The number of nitro groups is 1. The average Bonchev–Trinajstić information content (AvgIpc) is 2.34. The number of benzene rings is 1. The second-order valence-electron chi connectivity index (χ2n) is 5.88. The molecular formula is C14H22N2O3. The lowest BCUT2D eigenvalue weighted by Crippen LogP contribution is -2.39. The predicted octanol–water partition coefficient (Wildman–Crippen LogP) is 2.96. The Morgan fingerprint density at radius 3 is 2.42 bits per heavy atom. The van der Waals surface area contributed by atoms with Crippen LogP contribution in [0.4, 0.5) is 11.4 Å². The van der Waals surface area contributed by atoms with E-state index in [1.807, 2.05) is 7.05 Å². The SMILES string of the molecule is CC(N(C)c1ccc([N+](=O)[O-])cc1CO)C(C)(C)C. The molecule has 0 bridgehead atoms. The number of rotatable bonds is 4. The summed E-state index contributed by atoms with van der Waals surface area (Å²) in [5.41, 5.74) is 1.48. The zero-order chi connectivity index (χ0) is 14.8. The molecule has 1 unspecified atom stereocenters. The summed E-state index contributed by atoms with van der Waals surface area (Å²) < 4.78 is 0. The standard InChI is InChI=1S/C14H22N2O3/c1-10(14(2,3)4)15(5)13-7-6-12(16(18)19)8-11(13)9-17/h6-8,10,17H,9H2,1-5H3. The Morgan fingerprint density at radius 1 is 1.42 bits per heavy atom. The van der Waals surface area contributed by atoms with Crippen molar-refractivity contribution in [3.63, 3.8) is 0 Å². The van der Waals surface area contributed by atoms with Gasteiger partial charge in [-0.05, 0) is 18.4 Å². The van der Waals surface area contributed by atoms with Gasteiger partial charge in [-0.25, -0.2) is 0 Å². The summed E-state index contributed by atoms with van der Waals surface area (Å²) in [7, 11) is 1.94. The lowest BCUT2D eigenvalue weighted by molar-refractivity contribution is -0.384. The second kappa shape index (κ2) is 5.57. The molecule has 0 aromatic heterocycles. The van der Waals surface area contributed by atoms with E-state index in [-0.39, 0.29) is 23.8 Å². The Balaban J connectivity index is 3.17. The lowest BCUT2D eigenvalue weighted by atomic mass is 9.86. The highest BCUT2D eigenvalue weighted by Gasteiger charge is 2.25. The maximum absolute atomic E-state index is 10.8. The first-order valence-corrected chi connectivity index (χ1v) is 6.29. The van der Waals surface area contributed by atoms with E-state index < -0.39 is 4.92 Å². The van der Waals surface area contributed by atoms with Gasteiger partial charge in [-0.3, -0.25) is 10.1 Å². The number of hydrogen-bond donors (Lipinski definition) is 1. The summed E-state index contributed by atoms with van der Waals surface area (Å²) in [5.74, 6) is 0. The van der Waals surface area contributed by atoms with Crippen LogP contribution in [0.1, 0.15) is 33.3 Å². The van der Waals surface area contributed by atoms with Gasteiger partial charge in [0.05, 0.1) is 11.5 Å². The van der Waals surface area contributed by atoms with Crippen LogP contribution in [0, 0.1) is 15.5 Å². The Labute approximate surface area is 114 Å². The number of anilines is 1. The van der Waals surface area contributed by atoms with Crippen LogP contribution in [-0.4, -0.2) is 23.1 Å². The summed E-state index contributed by atoms with van der Waals surface area (Å²) in [6.45, 7) is 8.30. The van der Waals surface area contributed by atoms with Crippen LogP contribution in [0.5, 0.6) is 0 Å². The van der Waals surface area contributed by atoms with Gasteiger partial charge in [-0.1, -0.05) is 20.8 Å². The smallest absolute Gasteiger partial charge is 0.269 e. The van der Waals surface area contributed by atoms with Crippen LogP contribution in [0.15, 0.2) is 18.2 Å². The minimum atomic E-state index is -0.448. The van der Waals surface area contributed by atoms with E-state index in [1.165, 1.54) is 12.1 Å². The fraction of sp³-hybridized carbons (Fsp3) is 0.571. The van der Waals surface area contributed by atoms with Crippen molar-refractivity contribution >= 4 is 11.4 Å². The van der Waals surface area contributed by atoms with Crippen molar-refractivity contribution in [3.05, 3.63) is 33.9 Å². The van der Waals surface area contributed by atoms with Gasteiger partial charge < -0.3 is 10.0 Å². The number of nitrogens with zero attached hydrogens (tertiary/aromatic N) is 2. The van der Waals surface area contributed by atoms with E-state index in [9.17, 15) is 15.2 Å². The summed E-state index contributed by atoms with van der Waals surface area (Å²) in [4.78, 5) is 12.4. The van der Waals surface area contributed by atoms with E-state index in [2.05, 4.69) is 32.6 Å². The van der Waals surface area contributed by atoms with E-state index in [4.69, 9.17) is 0 Å². The Kier molecular flexibility index (Phi) is 4.52. The molecule has 5 nitrogen and oxygen atoms in total. The molecule has 0 saturated carbocycles. The maximum atomic E-state index is 10.8. The number of non-ortho nitro benzene ring substituents is 1. The lowest BCUT2D eigenvalue weighted by Gasteiger charge is -2.37. The molecule has 0 saturated heterocycles. The Bertz CT molecular complexity index is 466. The fourth-order valence-electron chi connectivity index (χ4n) is 1.95. The number of nitro benzene ring substituents is 1. The molecule has 0 aliphatic carbocycles. The molecule has 0 heterocycles. The van der Waals surface area contributed by atoms with Crippen molar-refractivity contribution in [2.24, 2.45) is 5.41 Å². The summed E-state index contributed by atoms with van der Waals surface area (Å²) in [6.07, 6.45) is 0. The topological polar surface area (TPSA) is 66.6 Å². The van der Waals surface area contributed by atoms with Crippen molar-refractivity contribution in [1.29, 1.82) is 0 Å². The van der Waals surface area contributed by atoms with Crippen LogP contribution in [0.2, 0.25) is 0 Å². The van der Waals surface area contributed by atoms with E-state index in [0.29, 0.717) is 5.56 Å². The quantitative estimate of drug-likeness (QED) is 0.672. The number of aliphatic hydroxyl groups excluding tert-OH is 1. The number of hydrogen-bond acceptors (Lipinski definition) is 4. The molecule has 1 rings (SSSR count). The third-order valence-corrected chi connectivity index (χ3v) is 3.66. The molecule has 1 N–H and O–H groups in total. The van der Waals surface area contributed by atoms with Crippen LogP contribution in [0.3, 0.4) is 0 Å². The van der Waals surface area contributed by atoms with Crippen molar-refractivity contribution in [2.45, 2.75) is 40.3 Å². The molecule has 19 heavy (non-hydrogen) atoms. The largest absolute Gasteiger partial charge is 0.392 e. The first-order valence-electron chi connectivity index (χ1n) is 6.29. The first-order chi connectivity index (χ1) is 8.68. The van der Waals surface area contributed by atoms with Gasteiger partial charge in [-0.15, -0.1) is 0 Å². The summed E-state index contributed by atoms with van der Waals surface area (Å²) in [6, 6.07) is 4.84. The van der Waals surface area contributed by atoms with Crippen molar-refractivity contribution < 1.29 is 10.0 Å². The Morgan fingerprint density at radius 2 is 2.00 bits per heavy atom. The molecular weight excluding hydrogens is 244 g/mol. The highest BCUT2D eigenvalue weighted by atomic mass is 16.6.